The summed E-state index contributed by atoms with van der Waals surface area (Å²) in [6.45, 7) is 6.47. The Bertz CT molecular complexity index is 635. The van der Waals surface area contributed by atoms with Gasteiger partial charge in [0.1, 0.15) is 5.75 Å². The lowest BCUT2D eigenvalue weighted by atomic mass is 9.91. The van der Waals surface area contributed by atoms with Crippen LogP contribution in [-0.2, 0) is 6.42 Å². The number of hydrogen-bond acceptors (Lipinski definition) is 2. The molecule has 23 heavy (non-hydrogen) atoms. The SMILES string of the molecule is C/C=C\C=NC1C=CC=C(c2cccc(CC(C)C)c2OC)C1. The van der Waals surface area contributed by atoms with Crippen LogP contribution in [0.4, 0.5) is 0 Å². The summed E-state index contributed by atoms with van der Waals surface area (Å²) in [5, 5.41) is 0. The van der Waals surface area contributed by atoms with Crippen LogP contribution in [0.3, 0.4) is 0 Å². The molecule has 0 spiro atoms. The highest BCUT2D eigenvalue weighted by atomic mass is 16.5. The van der Waals surface area contributed by atoms with Crippen molar-refractivity contribution in [1.82, 2.24) is 0 Å². The number of benzene rings is 1. The van der Waals surface area contributed by atoms with Gasteiger partial charge in [0.2, 0.25) is 0 Å². The number of hydrogen-bond donors (Lipinski definition) is 0. The Balaban J connectivity index is 2.27. The zero-order valence-electron chi connectivity index (χ0n) is 14.6. The number of ether oxygens (including phenoxy) is 1. The van der Waals surface area contributed by atoms with Crippen molar-refractivity contribution < 1.29 is 4.74 Å². The van der Waals surface area contributed by atoms with Crippen LogP contribution in [0.2, 0.25) is 0 Å². The summed E-state index contributed by atoms with van der Waals surface area (Å²) in [6, 6.07) is 6.65. The van der Waals surface area contributed by atoms with Gasteiger partial charge in [0.25, 0.3) is 0 Å². The van der Waals surface area contributed by atoms with Gasteiger partial charge in [-0.15, -0.1) is 0 Å². The molecule has 2 rings (SSSR count). The van der Waals surface area contributed by atoms with Crippen molar-refractivity contribution in [1.29, 1.82) is 0 Å². The first-order valence-corrected chi connectivity index (χ1v) is 8.33. The number of methoxy groups -OCH3 is 1. The fraction of sp³-hybridized carbons (Fsp3) is 0.381. The van der Waals surface area contributed by atoms with Crippen molar-refractivity contribution in [3.63, 3.8) is 0 Å². The maximum atomic E-state index is 5.75. The number of para-hydroxylation sites is 1. The molecule has 2 heteroatoms. The average Bonchev–Trinajstić information content (AvgIpc) is 2.54. The zero-order valence-corrected chi connectivity index (χ0v) is 14.6. The maximum absolute atomic E-state index is 5.75. The number of allylic oxidation sites excluding steroid dienone is 4. The van der Waals surface area contributed by atoms with Crippen molar-refractivity contribution in [2.75, 3.05) is 7.11 Å². The second kappa shape index (κ2) is 8.52. The van der Waals surface area contributed by atoms with Crippen molar-refractivity contribution in [3.05, 3.63) is 59.7 Å². The molecule has 1 aliphatic carbocycles. The fourth-order valence-corrected chi connectivity index (χ4v) is 2.89. The van der Waals surface area contributed by atoms with Gasteiger partial charge in [0.15, 0.2) is 0 Å². The van der Waals surface area contributed by atoms with E-state index in [1.807, 2.05) is 25.3 Å². The smallest absolute Gasteiger partial charge is 0.129 e. The van der Waals surface area contributed by atoms with Gasteiger partial charge in [-0.2, -0.15) is 0 Å². The molecule has 1 aromatic rings. The first-order chi connectivity index (χ1) is 11.2. The molecule has 0 bridgehead atoms. The van der Waals surface area contributed by atoms with Gasteiger partial charge in [-0.1, -0.05) is 56.4 Å². The Morgan fingerprint density at radius 1 is 1.35 bits per heavy atom. The molecule has 0 saturated carbocycles. The van der Waals surface area contributed by atoms with Crippen molar-refractivity contribution in [2.45, 2.75) is 39.7 Å². The molecule has 0 heterocycles. The lowest BCUT2D eigenvalue weighted by Gasteiger charge is -2.20. The molecular weight excluding hydrogens is 282 g/mol. The summed E-state index contributed by atoms with van der Waals surface area (Å²) >= 11 is 0. The normalized spacial score (nSPS) is 18.1. The molecular formula is C21H27NO. The fourth-order valence-electron chi connectivity index (χ4n) is 2.89. The minimum absolute atomic E-state index is 0.199. The second-order valence-corrected chi connectivity index (χ2v) is 6.27. The third-order valence-electron chi connectivity index (χ3n) is 3.89. The number of aliphatic imine (C=N–C) groups is 1. The summed E-state index contributed by atoms with van der Waals surface area (Å²) < 4.78 is 5.75. The van der Waals surface area contributed by atoms with Crippen LogP contribution >= 0.6 is 0 Å². The monoisotopic (exact) mass is 309 g/mol. The molecule has 0 radical (unpaired) electrons. The maximum Gasteiger partial charge on any atom is 0.129 e. The summed E-state index contributed by atoms with van der Waals surface area (Å²) in [4.78, 5) is 4.59. The molecule has 2 nitrogen and oxygen atoms in total. The summed E-state index contributed by atoms with van der Waals surface area (Å²) in [6.07, 6.45) is 14.2. The molecule has 0 aromatic heterocycles. The zero-order chi connectivity index (χ0) is 16.7. The molecule has 1 unspecified atom stereocenters. The first kappa shape index (κ1) is 17.3. The van der Waals surface area contributed by atoms with E-state index in [-0.39, 0.29) is 6.04 Å². The Labute approximate surface area is 140 Å². The van der Waals surface area contributed by atoms with E-state index in [0.717, 1.165) is 18.6 Å². The van der Waals surface area contributed by atoms with Gasteiger partial charge in [0, 0.05) is 11.8 Å². The predicted molar refractivity (Wildman–Crippen MR) is 100 cm³/mol. The Morgan fingerprint density at radius 2 is 2.17 bits per heavy atom. The second-order valence-electron chi connectivity index (χ2n) is 6.27. The number of nitrogens with zero attached hydrogens (tertiary/aromatic N) is 1. The van der Waals surface area contributed by atoms with E-state index >= 15 is 0 Å². The molecule has 0 N–H and O–H groups in total. The van der Waals surface area contributed by atoms with Gasteiger partial charge in [0.05, 0.1) is 13.2 Å². The molecule has 0 amide bonds. The van der Waals surface area contributed by atoms with Crippen LogP contribution in [-0.4, -0.2) is 19.4 Å². The van der Waals surface area contributed by atoms with Crippen molar-refractivity contribution in [3.8, 4) is 5.75 Å². The Hall–Kier alpha value is -2.09. The average molecular weight is 309 g/mol. The van der Waals surface area contributed by atoms with Gasteiger partial charge < -0.3 is 4.74 Å². The quantitative estimate of drug-likeness (QED) is 0.657. The largest absolute Gasteiger partial charge is 0.496 e. The van der Waals surface area contributed by atoms with Crippen molar-refractivity contribution >= 4 is 11.8 Å². The first-order valence-electron chi connectivity index (χ1n) is 8.33. The van der Waals surface area contributed by atoms with Crippen LogP contribution in [0.25, 0.3) is 5.57 Å². The van der Waals surface area contributed by atoms with Crippen LogP contribution in [0, 0.1) is 5.92 Å². The van der Waals surface area contributed by atoms with Gasteiger partial charge in [-0.05, 0) is 42.9 Å². The minimum Gasteiger partial charge on any atom is -0.496 e. The van der Waals surface area contributed by atoms with Crippen LogP contribution in [0.1, 0.15) is 38.3 Å². The molecule has 1 aromatic carbocycles. The molecule has 1 atom stereocenters. The van der Waals surface area contributed by atoms with Crippen molar-refractivity contribution in [2.24, 2.45) is 10.9 Å². The van der Waals surface area contributed by atoms with E-state index in [0.29, 0.717) is 5.92 Å². The van der Waals surface area contributed by atoms with E-state index < -0.39 is 0 Å². The highest BCUT2D eigenvalue weighted by Crippen LogP contribution is 2.35. The number of rotatable bonds is 6. The van der Waals surface area contributed by atoms with Gasteiger partial charge in [-0.25, -0.2) is 0 Å². The summed E-state index contributed by atoms with van der Waals surface area (Å²) in [7, 11) is 1.77. The standard InChI is InChI=1S/C21H27NO/c1-5-6-13-22-19-11-7-9-17(15-19)20-12-8-10-18(14-16(2)3)21(20)23-4/h5-13,16,19H,14-15H2,1-4H3/b6-5-,22-13?. The molecule has 122 valence electrons. The topological polar surface area (TPSA) is 21.6 Å². The third kappa shape index (κ3) is 4.69. The van der Waals surface area contributed by atoms with Gasteiger partial charge >= 0.3 is 0 Å². The predicted octanol–water partition coefficient (Wildman–Crippen LogP) is 5.25. The Kier molecular flexibility index (Phi) is 6.40. The highest BCUT2D eigenvalue weighted by molar-refractivity contribution is 5.76. The van der Waals surface area contributed by atoms with E-state index in [4.69, 9.17) is 4.74 Å². The van der Waals surface area contributed by atoms with E-state index in [1.54, 1.807) is 7.11 Å². The minimum atomic E-state index is 0.199. The molecule has 0 aliphatic heterocycles. The van der Waals surface area contributed by atoms with Crippen LogP contribution in [0.15, 0.2) is 53.6 Å². The molecule has 0 fully saturated rings. The van der Waals surface area contributed by atoms with Crippen LogP contribution in [0.5, 0.6) is 5.75 Å². The molecule has 1 aliphatic rings. The Morgan fingerprint density at radius 3 is 2.87 bits per heavy atom. The summed E-state index contributed by atoms with van der Waals surface area (Å²) in [5.74, 6) is 1.62. The van der Waals surface area contributed by atoms with E-state index in [1.165, 1.54) is 16.7 Å². The summed E-state index contributed by atoms with van der Waals surface area (Å²) in [5.41, 5.74) is 3.77. The lowest BCUT2D eigenvalue weighted by molar-refractivity contribution is 0.405. The lowest BCUT2D eigenvalue weighted by Crippen LogP contribution is -2.07. The third-order valence-corrected chi connectivity index (χ3v) is 3.89. The molecule has 0 saturated heterocycles. The van der Waals surface area contributed by atoms with E-state index in [2.05, 4.69) is 55.3 Å². The van der Waals surface area contributed by atoms with Crippen LogP contribution < -0.4 is 4.74 Å². The van der Waals surface area contributed by atoms with E-state index in [9.17, 15) is 0 Å². The highest BCUT2D eigenvalue weighted by Gasteiger charge is 2.17. The van der Waals surface area contributed by atoms with Gasteiger partial charge in [-0.3, -0.25) is 4.99 Å².